The lowest BCUT2D eigenvalue weighted by atomic mass is 9.33. The topological polar surface area (TPSA) is 6.48 Å². The van der Waals surface area contributed by atoms with Crippen LogP contribution in [0.15, 0.2) is 91.0 Å². The Bertz CT molecular complexity index is 2350. The standard InChI is InChI=1S/C53H65BN2/c1-48(2,3)33-20-23-37(24-21-33)55-43-25-22-34(49(4,5)6)29-41(43)54-42-30-39-40(53(15,16)32-52(39,13)14)31-46(42)56(45-19-17-18-44(55)47(45)54)38-27-35(50(7,8)9)26-36(28-38)51(10,11)12/h17-31H,32H2,1-16H3. The number of nitrogens with zero attached hydrogens (tertiary/aromatic N) is 2. The van der Waals surface area contributed by atoms with Gasteiger partial charge in [0.15, 0.2) is 0 Å². The Labute approximate surface area is 339 Å². The van der Waals surface area contributed by atoms with Gasteiger partial charge in [-0.15, -0.1) is 0 Å². The highest BCUT2D eigenvalue weighted by Crippen LogP contribution is 2.53. The van der Waals surface area contributed by atoms with Crippen molar-refractivity contribution in [2.75, 3.05) is 9.80 Å². The molecule has 5 aromatic carbocycles. The molecule has 8 rings (SSSR count). The molecule has 0 atom stereocenters. The average molecular weight is 741 g/mol. The molecule has 1 aliphatic carbocycles. The summed E-state index contributed by atoms with van der Waals surface area (Å²) in [6.07, 6.45) is 1.14. The van der Waals surface area contributed by atoms with Gasteiger partial charge < -0.3 is 9.80 Å². The van der Waals surface area contributed by atoms with Crippen LogP contribution in [0.25, 0.3) is 0 Å². The van der Waals surface area contributed by atoms with Gasteiger partial charge in [-0.05, 0) is 137 Å². The number of fused-ring (bicyclic) bond motifs is 5. The molecule has 0 bridgehead atoms. The number of benzene rings is 5. The van der Waals surface area contributed by atoms with Gasteiger partial charge in [0.2, 0.25) is 0 Å². The summed E-state index contributed by atoms with van der Waals surface area (Å²) < 4.78 is 0. The fourth-order valence-electron chi connectivity index (χ4n) is 10.1. The lowest BCUT2D eigenvalue weighted by Gasteiger charge is -2.45. The molecule has 0 spiro atoms. The van der Waals surface area contributed by atoms with Gasteiger partial charge in [0.05, 0.1) is 0 Å². The van der Waals surface area contributed by atoms with E-state index < -0.39 is 0 Å². The zero-order chi connectivity index (χ0) is 40.7. The summed E-state index contributed by atoms with van der Waals surface area (Å²) in [4.78, 5) is 5.20. The first-order valence-corrected chi connectivity index (χ1v) is 21.1. The maximum absolute atomic E-state index is 2.65. The minimum absolute atomic E-state index is 0.00442. The van der Waals surface area contributed by atoms with Gasteiger partial charge in [-0.1, -0.05) is 153 Å². The molecule has 2 heterocycles. The van der Waals surface area contributed by atoms with Crippen LogP contribution < -0.4 is 26.2 Å². The molecule has 2 nitrogen and oxygen atoms in total. The van der Waals surface area contributed by atoms with Gasteiger partial charge in [0, 0.05) is 34.1 Å². The van der Waals surface area contributed by atoms with Crippen molar-refractivity contribution in [3.8, 4) is 0 Å². The number of hydrogen-bond acceptors (Lipinski definition) is 2. The van der Waals surface area contributed by atoms with Crippen LogP contribution >= 0.6 is 0 Å². The highest BCUT2D eigenvalue weighted by Gasteiger charge is 2.48. The molecule has 0 unspecified atom stereocenters. The van der Waals surface area contributed by atoms with E-state index in [1.807, 2.05) is 0 Å². The molecular formula is C53H65BN2. The first-order valence-electron chi connectivity index (χ1n) is 21.1. The molecule has 0 aromatic heterocycles. The minimum Gasteiger partial charge on any atom is -0.311 e. The summed E-state index contributed by atoms with van der Waals surface area (Å²) in [7, 11) is 0. The average Bonchev–Trinajstić information content (AvgIpc) is 3.27. The number of anilines is 6. The quantitative estimate of drug-likeness (QED) is 0.163. The molecular weight excluding hydrogens is 675 g/mol. The molecule has 2 aliphatic heterocycles. The molecule has 3 heteroatoms. The van der Waals surface area contributed by atoms with Crippen LogP contribution in [0, 0.1) is 0 Å². The Morgan fingerprint density at radius 1 is 0.429 bits per heavy atom. The van der Waals surface area contributed by atoms with Crippen LogP contribution in [0.3, 0.4) is 0 Å². The van der Waals surface area contributed by atoms with Crippen molar-refractivity contribution in [1.29, 1.82) is 0 Å². The van der Waals surface area contributed by atoms with Gasteiger partial charge in [0.1, 0.15) is 0 Å². The van der Waals surface area contributed by atoms with Crippen LogP contribution in [-0.4, -0.2) is 6.71 Å². The van der Waals surface area contributed by atoms with Gasteiger partial charge in [-0.2, -0.15) is 0 Å². The minimum atomic E-state index is -0.00442. The van der Waals surface area contributed by atoms with E-state index in [9.17, 15) is 0 Å². The van der Waals surface area contributed by atoms with Gasteiger partial charge in [-0.3, -0.25) is 0 Å². The Hall–Kier alpha value is -4.24. The van der Waals surface area contributed by atoms with Crippen LogP contribution in [0.5, 0.6) is 0 Å². The molecule has 3 aliphatic rings. The van der Waals surface area contributed by atoms with E-state index in [1.54, 1.807) is 0 Å². The Balaban J connectivity index is 1.50. The number of rotatable bonds is 2. The fourth-order valence-corrected chi connectivity index (χ4v) is 10.1. The van der Waals surface area contributed by atoms with Crippen LogP contribution in [0.2, 0.25) is 0 Å². The lowest BCUT2D eigenvalue weighted by molar-refractivity contribution is 0.403. The van der Waals surface area contributed by atoms with E-state index in [0.29, 0.717) is 0 Å². The lowest BCUT2D eigenvalue weighted by Crippen LogP contribution is -2.61. The second kappa shape index (κ2) is 12.1. The Morgan fingerprint density at radius 3 is 1.41 bits per heavy atom. The zero-order valence-electron chi connectivity index (χ0n) is 37.3. The van der Waals surface area contributed by atoms with Crippen molar-refractivity contribution in [2.45, 2.75) is 150 Å². The van der Waals surface area contributed by atoms with Crippen molar-refractivity contribution in [3.05, 3.63) is 124 Å². The molecule has 0 N–H and O–H groups in total. The fraction of sp³-hybridized carbons (Fsp3) is 0.434. The first kappa shape index (κ1) is 38.6. The largest absolute Gasteiger partial charge is 0.311 e. The predicted molar refractivity (Wildman–Crippen MR) is 246 cm³/mol. The second-order valence-corrected chi connectivity index (χ2v) is 22.8. The monoisotopic (exact) mass is 741 g/mol. The second-order valence-electron chi connectivity index (χ2n) is 22.8. The third-order valence-electron chi connectivity index (χ3n) is 13.2. The van der Waals surface area contributed by atoms with E-state index in [0.717, 1.165) is 6.42 Å². The summed E-state index contributed by atoms with van der Waals surface area (Å²) in [5.74, 6) is 0. The molecule has 0 radical (unpaired) electrons. The molecule has 5 aromatic rings. The van der Waals surface area contributed by atoms with Crippen LogP contribution in [0.4, 0.5) is 34.1 Å². The summed E-state index contributed by atoms with van der Waals surface area (Å²) >= 11 is 0. The van der Waals surface area contributed by atoms with Crippen molar-refractivity contribution in [3.63, 3.8) is 0 Å². The van der Waals surface area contributed by atoms with E-state index in [-0.39, 0.29) is 39.2 Å². The Kier molecular flexibility index (Phi) is 8.37. The zero-order valence-corrected chi connectivity index (χ0v) is 37.3. The van der Waals surface area contributed by atoms with Gasteiger partial charge >= 0.3 is 0 Å². The van der Waals surface area contributed by atoms with E-state index in [2.05, 4.69) is 212 Å². The van der Waals surface area contributed by atoms with Crippen molar-refractivity contribution in [1.82, 2.24) is 0 Å². The maximum atomic E-state index is 2.65. The third-order valence-corrected chi connectivity index (χ3v) is 13.2. The van der Waals surface area contributed by atoms with Crippen molar-refractivity contribution < 1.29 is 0 Å². The van der Waals surface area contributed by atoms with E-state index in [1.165, 1.54) is 83.9 Å². The highest BCUT2D eigenvalue weighted by molar-refractivity contribution is 7.00. The SMILES string of the molecule is CC(C)(C)c1ccc(N2c3ccc(C(C)(C)C)cc3B3c4cc5c(cc4N(c4cc(C(C)(C)C)cc(C(C)(C)C)c4)c4cccc2c43)C(C)(C)CC5(C)C)cc1. The smallest absolute Gasteiger partial charge is 0.252 e. The van der Waals surface area contributed by atoms with E-state index >= 15 is 0 Å². The molecule has 0 amide bonds. The highest BCUT2D eigenvalue weighted by atomic mass is 15.2. The summed E-state index contributed by atoms with van der Waals surface area (Å²) in [5, 5.41) is 0. The molecule has 290 valence electrons. The van der Waals surface area contributed by atoms with Gasteiger partial charge in [0.25, 0.3) is 6.71 Å². The third kappa shape index (κ3) is 6.15. The maximum Gasteiger partial charge on any atom is 0.252 e. The molecule has 0 saturated carbocycles. The van der Waals surface area contributed by atoms with Crippen LogP contribution in [0.1, 0.15) is 151 Å². The summed E-state index contributed by atoms with van der Waals surface area (Å²) in [6, 6.07) is 36.5. The summed E-state index contributed by atoms with van der Waals surface area (Å²) in [6.45, 7) is 38.0. The first-order chi connectivity index (χ1) is 25.8. The number of hydrogen-bond donors (Lipinski definition) is 0. The van der Waals surface area contributed by atoms with E-state index in [4.69, 9.17) is 0 Å². The van der Waals surface area contributed by atoms with Crippen molar-refractivity contribution in [2.24, 2.45) is 0 Å². The van der Waals surface area contributed by atoms with Crippen LogP contribution in [-0.2, 0) is 32.5 Å². The van der Waals surface area contributed by atoms with Crippen molar-refractivity contribution >= 4 is 57.2 Å². The Morgan fingerprint density at radius 2 is 0.893 bits per heavy atom. The summed E-state index contributed by atoms with van der Waals surface area (Å²) in [5.41, 5.74) is 20.5. The molecule has 56 heavy (non-hydrogen) atoms. The molecule has 0 saturated heterocycles. The normalized spacial score (nSPS) is 17.0. The van der Waals surface area contributed by atoms with Gasteiger partial charge in [-0.25, -0.2) is 0 Å². The molecule has 0 fully saturated rings. The predicted octanol–water partition coefficient (Wildman–Crippen LogP) is 12.9.